The lowest BCUT2D eigenvalue weighted by Crippen LogP contribution is -2.36. The van der Waals surface area contributed by atoms with Gasteiger partial charge in [-0.15, -0.1) is 0 Å². The Hall–Kier alpha value is -3.86. The highest BCUT2D eigenvalue weighted by Crippen LogP contribution is 2.39. The summed E-state index contributed by atoms with van der Waals surface area (Å²) in [5.41, 5.74) is 0.0890. The number of nitro groups is 1. The van der Waals surface area contributed by atoms with Crippen molar-refractivity contribution in [2.24, 2.45) is 0 Å². The van der Waals surface area contributed by atoms with Gasteiger partial charge in [0.05, 0.1) is 16.9 Å². The SMILES string of the molecule is COc1cc(/C=C2/SC(=O)N(CC(=O)Nc3ccccc3)C2=O)cc([N+](=O)[O-])c1O. The monoisotopic (exact) mass is 429 g/mol. The van der Waals surface area contributed by atoms with Crippen molar-refractivity contribution in [1.82, 2.24) is 4.90 Å². The molecule has 0 aliphatic carbocycles. The van der Waals surface area contributed by atoms with Gasteiger partial charge in [0, 0.05) is 11.8 Å². The van der Waals surface area contributed by atoms with Crippen molar-refractivity contribution < 1.29 is 29.2 Å². The standard InChI is InChI=1S/C19H15N3O7S/c1-29-14-8-11(7-13(17(14)24)22(27)28)9-15-18(25)21(19(26)30-15)10-16(23)20-12-5-3-2-4-6-12/h2-9,24H,10H2,1H3,(H,20,23)/b15-9+. The number of nitro benzene ring substituents is 1. The third-order valence-corrected chi connectivity index (χ3v) is 4.93. The lowest BCUT2D eigenvalue weighted by Gasteiger charge is -2.12. The van der Waals surface area contributed by atoms with Crippen molar-refractivity contribution in [3.8, 4) is 11.5 Å². The smallest absolute Gasteiger partial charge is 0.315 e. The van der Waals surface area contributed by atoms with E-state index in [2.05, 4.69) is 5.32 Å². The van der Waals surface area contributed by atoms with Crippen molar-refractivity contribution in [3.05, 3.63) is 63.0 Å². The number of anilines is 1. The van der Waals surface area contributed by atoms with Crippen molar-refractivity contribution in [3.63, 3.8) is 0 Å². The highest BCUT2D eigenvalue weighted by atomic mass is 32.2. The van der Waals surface area contributed by atoms with E-state index in [1.807, 2.05) is 0 Å². The van der Waals surface area contributed by atoms with Gasteiger partial charge in [-0.1, -0.05) is 18.2 Å². The molecule has 0 atom stereocenters. The quantitative estimate of drug-likeness (QED) is 0.406. The van der Waals surface area contributed by atoms with Crippen LogP contribution in [0.1, 0.15) is 5.56 Å². The number of rotatable bonds is 6. The lowest BCUT2D eigenvalue weighted by molar-refractivity contribution is -0.386. The fraction of sp³-hybridized carbons (Fsp3) is 0.105. The molecular formula is C19H15N3O7S. The number of methoxy groups -OCH3 is 1. The first-order chi connectivity index (χ1) is 14.3. The summed E-state index contributed by atoms with van der Waals surface area (Å²) in [6.45, 7) is -0.476. The minimum atomic E-state index is -0.797. The van der Waals surface area contributed by atoms with Crippen LogP contribution in [0.25, 0.3) is 6.08 Å². The molecule has 2 N–H and O–H groups in total. The first kappa shape index (κ1) is 20.9. The number of para-hydroxylation sites is 1. The maximum atomic E-state index is 12.6. The molecule has 0 aromatic heterocycles. The van der Waals surface area contributed by atoms with E-state index in [1.54, 1.807) is 30.3 Å². The van der Waals surface area contributed by atoms with E-state index < -0.39 is 40.0 Å². The van der Waals surface area contributed by atoms with Crippen LogP contribution >= 0.6 is 11.8 Å². The van der Waals surface area contributed by atoms with Gasteiger partial charge in [-0.05, 0) is 41.6 Å². The summed E-state index contributed by atoms with van der Waals surface area (Å²) in [7, 11) is 1.22. The second-order valence-electron chi connectivity index (χ2n) is 6.03. The zero-order valence-corrected chi connectivity index (χ0v) is 16.3. The van der Waals surface area contributed by atoms with Gasteiger partial charge in [-0.2, -0.15) is 0 Å². The number of nitrogens with zero attached hydrogens (tertiary/aromatic N) is 2. The number of phenolic OH excluding ortho intramolecular Hbond substituents is 1. The summed E-state index contributed by atoms with van der Waals surface area (Å²) >= 11 is 0.602. The number of hydrogen-bond acceptors (Lipinski definition) is 8. The van der Waals surface area contributed by atoms with E-state index in [-0.39, 0.29) is 16.2 Å². The van der Waals surface area contributed by atoms with Gasteiger partial charge in [0.2, 0.25) is 11.7 Å². The Morgan fingerprint density at radius 3 is 2.63 bits per heavy atom. The molecule has 1 saturated heterocycles. The van der Waals surface area contributed by atoms with Crippen LogP contribution in [0.2, 0.25) is 0 Å². The number of carbonyl (C=O) groups excluding carboxylic acids is 3. The number of thioether (sulfide) groups is 1. The van der Waals surface area contributed by atoms with Gasteiger partial charge >= 0.3 is 5.69 Å². The fourth-order valence-electron chi connectivity index (χ4n) is 2.65. The summed E-state index contributed by atoms with van der Waals surface area (Å²) in [6, 6.07) is 10.9. The van der Waals surface area contributed by atoms with E-state index in [0.717, 1.165) is 11.0 Å². The van der Waals surface area contributed by atoms with Crippen molar-refractivity contribution in [1.29, 1.82) is 0 Å². The van der Waals surface area contributed by atoms with E-state index in [0.29, 0.717) is 17.4 Å². The summed E-state index contributed by atoms with van der Waals surface area (Å²) in [5.74, 6) is -2.06. The van der Waals surface area contributed by atoms with E-state index >= 15 is 0 Å². The Balaban J connectivity index is 1.80. The molecule has 1 aliphatic heterocycles. The number of benzene rings is 2. The molecule has 0 bridgehead atoms. The molecule has 10 nitrogen and oxygen atoms in total. The van der Waals surface area contributed by atoms with Crippen molar-refractivity contribution in [2.45, 2.75) is 0 Å². The molecular weight excluding hydrogens is 414 g/mol. The number of ether oxygens (including phenoxy) is 1. The summed E-state index contributed by atoms with van der Waals surface area (Å²) in [6.07, 6.45) is 1.26. The number of amides is 3. The minimum absolute atomic E-state index is 0.0189. The molecule has 154 valence electrons. The minimum Gasteiger partial charge on any atom is -0.500 e. The highest BCUT2D eigenvalue weighted by molar-refractivity contribution is 8.18. The Kier molecular flexibility index (Phi) is 6.02. The normalized spacial score (nSPS) is 14.8. The maximum Gasteiger partial charge on any atom is 0.315 e. The molecule has 2 aromatic rings. The van der Waals surface area contributed by atoms with E-state index in [9.17, 15) is 29.6 Å². The zero-order chi connectivity index (χ0) is 21.8. The molecule has 1 fully saturated rings. The molecule has 1 aliphatic rings. The van der Waals surface area contributed by atoms with Crippen molar-refractivity contribution >= 4 is 46.3 Å². The van der Waals surface area contributed by atoms with Crippen LogP contribution in [0.3, 0.4) is 0 Å². The number of hydrogen-bond donors (Lipinski definition) is 2. The average molecular weight is 429 g/mol. The number of imide groups is 1. The van der Waals surface area contributed by atoms with Crippen LogP contribution in [0.4, 0.5) is 16.2 Å². The third kappa shape index (κ3) is 4.41. The number of carbonyl (C=O) groups is 3. The summed E-state index contributed by atoms with van der Waals surface area (Å²) in [4.78, 5) is 48.0. The van der Waals surface area contributed by atoms with Crippen LogP contribution in [0, 0.1) is 10.1 Å². The van der Waals surface area contributed by atoms with Crippen LogP contribution in [0.5, 0.6) is 11.5 Å². The number of nitrogens with one attached hydrogen (secondary N) is 1. The summed E-state index contributed by atoms with van der Waals surface area (Å²) < 4.78 is 4.91. The first-order valence-electron chi connectivity index (χ1n) is 8.46. The maximum absolute atomic E-state index is 12.6. The number of aromatic hydroxyl groups is 1. The predicted octanol–water partition coefficient (Wildman–Crippen LogP) is 2.98. The fourth-order valence-corrected chi connectivity index (χ4v) is 3.48. The van der Waals surface area contributed by atoms with Gasteiger partial charge in [0.1, 0.15) is 6.54 Å². The molecule has 2 aromatic carbocycles. The third-order valence-electron chi connectivity index (χ3n) is 4.02. The van der Waals surface area contributed by atoms with Gasteiger partial charge in [-0.25, -0.2) is 0 Å². The molecule has 11 heteroatoms. The van der Waals surface area contributed by atoms with Gasteiger partial charge in [-0.3, -0.25) is 29.4 Å². The Labute approximate surface area is 174 Å². The predicted molar refractivity (Wildman–Crippen MR) is 109 cm³/mol. The lowest BCUT2D eigenvalue weighted by atomic mass is 10.1. The van der Waals surface area contributed by atoms with Gasteiger partial charge in [0.25, 0.3) is 11.1 Å². The van der Waals surface area contributed by atoms with E-state index in [4.69, 9.17) is 4.74 Å². The van der Waals surface area contributed by atoms with Crippen LogP contribution in [0.15, 0.2) is 47.4 Å². The zero-order valence-electron chi connectivity index (χ0n) is 15.5. The van der Waals surface area contributed by atoms with Crippen LogP contribution in [-0.2, 0) is 9.59 Å². The molecule has 0 unspecified atom stereocenters. The highest BCUT2D eigenvalue weighted by Gasteiger charge is 2.36. The largest absolute Gasteiger partial charge is 0.500 e. The molecule has 3 amide bonds. The first-order valence-corrected chi connectivity index (χ1v) is 9.27. The van der Waals surface area contributed by atoms with E-state index in [1.165, 1.54) is 19.3 Å². The molecule has 0 saturated carbocycles. The van der Waals surface area contributed by atoms with Crippen molar-refractivity contribution in [2.75, 3.05) is 19.0 Å². The Morgan fingerprint density at radius 2 is 2.00 bits per heavy atom. The Bertz CT molecular complexity index is 1070. The molecule has 1 heterocycles. The molecule has 3 rings (SSSR count). The second-order valence-corrected chi connectivity index (χ2v) is 7.02. The average Bonchev–Trinajstić information content (AvgIpc) is 2.97. The molecule has 0 radical (unpaired) electrons. The molecule has 30 heavy (non-hydrogen) atoms. The number of phenols is 1. The van der Waals surface area contributed by atoms with Gasteiger partial charge in [0.15, 0.2) is 5.75 Å². The summed E-state index contributed by atoms with van der Waals surface area (Å²) in [5, 5.41) is 22.9. The Morgan fingerprint density at radius 1 is 1.30 bits per heavy atom. The second kappa shape index (κ2) is 8.66. The topological polar surface area (TPSA) is 139 Å². The van der Waals surface area contributed by atoms with Gasteiger partial charge < -0.3 is 15.2 Å². The van der Waals surface area contributed by atoms with Crippen LogP contribution < -0.4 is 10.1 Å². The molecule has 0 spiro atoms. The van der Waals surface area contributed by atoms with Crippen LogP contribution in [-0.4, -0.2) is 45.6 Å².